The molecule has 0 atom stereocenters. The number of nitrogen functional groups attached to an aromatic ring is 1. The topological polar surface area (TPSA) is 38.9 Å². The normalized spacial score (nSPS) is 10.4. The van der Waals surface area contributed by atoms with E-state index in [0.717, 1.165) is 6.07 Å². The van der Waals surface area contributed by atoms with Crippen LogP contribution in [0, 0.1) is 11.6 Å². The van der Waals surface area contributed by atoms with Crippen molar-refractivity contribution >= 4 is 17.3 Å². The summed E-state index contributed by atoms with van der Waals surface area (Å²) in [6.07, 6.45) is 1.26. The molecule has 0 fully saturated rings. The summed E-state index contributed by atoms with van der Waals surface area (Å²) in [6.45, 7) is 0. The van der Waals surface area contributed by atoms with Crippen LogP contribution in [0.1, 0.15) is 0 Å². The largest absolute Gasteiger partial charge is 0.397 e. The summed E-state index contributed by atoms with van der Waals surface area (Å²) in [5.74, 6) is -1.37. The fourth-order valence-electron chi connectivity index (χ4n) is 1.34. The highest BCUT2D eigenvalue weighted by atomic mass is 35.5. The van der Waals surface area contributed by atoms with Crippen molar-refractivity contribution in [3.8, 4) is 11.3 Å². The van der Waals surface area contributed by atoms with E-state index in [1.54, 1.807) is 0 Å². The predicted molar refractivity (Wildman–Crippen MR) is 59.0 cm³/mol. The van der Waals surface area contributed by atoms with Crippen LogP contribution >= 0.6 is 11.6 Å². The van der Waals surface area contributed by atoms with Crippen molar-refractivity contribution < 1.29 is 8.78 Å². The van der Waals surface area contributed by atoms with Crippen molar-refractivity contribution in [2.24, 2.45) is 0 Å². The maximum Gasteiger partial charge on any atom is 0.151 e. The lowest BCUT2D eigenvalue weighted by atomic mass is 10.1. The Morgan fingerprint density at radius 3 is 2.69 bits per heavy atom. The van der Waals surface area contributed by atoms with Gasteiger partial charge in [0.05, 0.1) is 16.9 Å². The monoisotopic (exact) mass is 240 g/mol. The Kier molecular flexibility index (Phi) is 2.75. The zero-order chi connectivity index (χ0) is 11.7. The third-order valence-electron chi connectivity index (χ3n) is 2.07. The molecule has 82 valence electrons. The lowest BCUT2D eigenvalue weighted by Crippen LogP contribution is -1.95. The number of hydrogen-bond acceptors (Lipinski definition) is 2. The van der Waals surface area contributed by atoms with Crippen LogP contribution in [0.4, 0.5) is 14.5 Å². The molecule has 0 aliphatic rings. The van der Waals surface area contributed by atoms with Gasteiger partial charge in [-0.05, 0) is 12.1 Å². The molecule has 1 aromatic heterocycles. The highest BCUT2D eigenvalue weighted by Crippen LogP contribution is 2.28. The molecule has 2 nitrogen and oxygen atoms in total. The van der Waals surface area contributed by atoms with Gasteiger partial charge in [-0.15, -0.1) is 0 Å². The molecule has 0 saturated carbocycles. The number of halogens is 3. The smallest absolute Gasteiger partial charge is 0.151 e. The van der Waals surface area contributed by atoms with Gasteiger partial charge in [0.2, 0.25) is 0 Å². The van der Waals surface area contributed by atoms with Crippen LogP contribution < -0.4 is 5.73 Å². The van der Waals surface area contributed by atoms with Gasteiger partial charge >= 0.3 is 0 Å². The van der Waals surface area contributed by atoms with Crippen molar-refractivity contribution in [3.05, 3.63) is 47.1 Å². The van der Waals surface area contributed by atoms with Gasteiger partial charge < -0.3 is 5.73 Å². The lowest BCUT2D eigenvalue weighted by molar-refractivity contribution is 0.612. The highest BCUT2D eigenvalue weighted by molar-refractivity contribution is 6.31. The zero-order valence-electron chi connectivity index (χ0n) is 8.05. The van der Waals surface area contributed by atoms with Gasteiger partial charge in [-0.1, -0.05) is 17.7 Å². The van der Waals surface area contributed by atoms with Gasteiger partial charge in [-0.25, -0.2) is 8.78 Å². The van der Waals surface area contributed by atoms with Gasteiger partial charge in [-0.2, -0.15) is 0 Å². The average molecular weight is 241 g/mol. The SMILES string of the molecule is Nc1cnc(-c2cccc(Cl)c2F)c(F)c1. The molecule has 0 unspecified atom stereocenters. The summed E-state index contributed by atoms with van der Waals surface area (Å²) in [7, 11) is 0. The first-order valence-electron chi connectivity index (χ1n) is 4.45. The number of rotatable bonds is 1. The third kappa shape index (κ3) is 1.84. The Bertz CT molecular complexity index is 544. The molecule has 2 aromatic rings. The van der Waals surface area contributed by atoms with Crippen LogP contribution in [0.5, 0.6) is 0 Å². The minimum absolute atomic E-state index is 0.0185. The van der Waals surface area contributed by atoms with Crippen LogP contribution in [-0.4, -0.2) is 4.98 Å². The Labute approximate surface area is 95.7 Å². The number of nitrogens with zero attached hydrogens (tertiary/aromatic N) is 1. The summed E-state index contributed by atoms with van der Waals surface area (Å²) in [5, 5.41) is -0.0736. The summed E-state index contributed by atoms with van der Waals surface area (Å²) in [4.78, 5) is 3.75. The average Bonchev–Trinajstić information content (AvgIpc) is 2.23. The summed E-state index contributed by atoms with van der Waals surface area (Å²) >= 11 is 5.60. The second-order valence-corrected chi connectivity index (χ2v) is 3.61. The van der Waals surface area contributed by atoms with Gasteiger partial charge in [0.25, 0.3) is 0 Å². The minimum Gasteiger partial charge on any atom is -0.397 e. The lowest BCUT2D eigenvalue weighted by Gasteiger charge is -2.05. The summed E-state index contributed by atoms with van der Waals surface area (Å²) in [5.41, 5.74) is 5.45. The molecule has 0 bridgehead atoms. The molecule has 0 amide bonds. The fourth-order valence-corrected chi connectivity index (χ4v) is 1.51. The van der Waals surface area contributed by atoms with Gasteiger partial charge in [0.1, 0.15) is 5.69 Å². The van der Waals surface area contributed by atoms with Gasteiger partial charge in [0, 0.05) is 11.6 Å². The van der Waals surface area contributed by atoms with Crippen molar-refractivity contribution in [2.75, 3.05) is 5.73 Å². The molecule has 16 heavy (non-hydrogen) atoms. The third-order valence-corrected chi connectivity index (χ3v) is 2.36. The van der Waals surface area contributed by atoms with Crippen molar-refractivity contribution in [2.45, 2.75) is 0 Å². The van der Waals surface area contributed by atoms with E-state index in [1.807, 2.05) is 0 Å². The Morgan fingerprint density at radius 1 is 1.25 bits per heavy atom. The van der Waals surface area contributed by atoms with Crippen molar-refractivity contribution in [1.29, 1.82) is 0 Å². The van der Waals surface area contributed by atoms with E-state index in [2.05, 4.69) is 4.98 Å². The van der Waals surface area contributed by atoms with E-state index >= 15 is 0 Å². The van der Waals surface area contributed by atoms with E-state index in [0.29, 0.717) is 0 Å². The molecule has 2 rings (SSSR count). The zero-order valence-corrected chi connectivity index (χ0v) is 8.80. The van der Waals surface area contributed by atoms with E-state index in [4.69, 9.17) is 17.3 Å². The minimum atomic E-state index is -0.694. The molecule has 0 aliphatic carbocycles. The Hall–Kier alpha value is -1.68. The van der Waals surface area contributed by atoms with Crippen LogP contribution in [0.25, 0.3) is 11.3 Å². The molecule has 0 aliphatic heterocycles. The van der Waals surface area contributed by atoms with Gasteiger partial charge in [0.15, 0.2) is 11.6 Å². The van der Waals surface area contributed by atoms with Gasteiger partial charge in [-0.3, -0.25) is 4.98 Å². The molecule has 5 heteroatoms. The molecule has 0 radical (unpaired) electrons. The molecule has 0 spiro atoms. The van der Waals surface area contributed by atoms with Crippen molar-refractivity contribution in [3.63, 3.8) is 0 Å². The van der Waals surface area contributed by atoms with Crippen molar-refractivity contribution in [1.82, 2.24) is 4.98 Å². The van der Waals surface area contributed by atoms with Crippen LogP contribution in [0.3, 0.4) is 0 Å². The van der Waals surface area contributed by atoms with E-state index in [-0.39, 0.29) is 22.0 Å². The maximum atomic E-state index is 13.6. The van der Waals surface area contributed by atoms with E-state index in [1.165, 1.54) is 24.4 Å². The first kappa shape index (κ1) is 10.8. The second kappa shape index (κ2) is 4.06. The number of benzene rings is 1. The van der Waals surface area contributed by atoms with Crippen LogP contribution in [0.2, 0.25) is 5.02 Å². The summed E-state index contributed by atoms with van der Waals surface area (Å²) < 4.78 is 27.1. The first-order chi connectivity index (χ1) is 7.59. The molecule has 1 heterocycles. The number of nitrogens with two attached hydrogens (primary N) is 1. The second-order valence-electron chi connectivity index (χ2n) is 3.20. The quantitative estimate of drug-likeness (QED) is 0.831. The Balaban J connectivity index is 2.63. The molecular weight excluding hydrogens is 234 g/mol. The fraction of sp³-hybridized carbons (Fsp3) is 0. The molecule has 2 N–H and O–H groups in total. The first-order valence-corrected chi connectivity index (χ1v) is 4.83. The standard InChI is InChI=1S/C11H7ClF2N2/c12-8-3-1-2-7(10(8)14)11-9(13)4-6(15)5-16-11/h1-5H,15H2. The predicted octanol–water partition coefficient (Wildman–Crippen LogP) is 3.26. The number of aromatic nitrogens is 1. The van der Waals surface area contributed by atoms with E-state index < -0.39 is 11.6 Å². The Morgan fingerprint density at radius 2 is 2.00 bits per heavy atom. The molecule has 0 saturated heterocycles. The molecule has 1 aromatic carbocycles. The van der Waals surface area contributed by atoms with E-state index in [9.17, 15) is 8.78 Å². The molecular formula is C11H7ClF2N2. The highest BCUT2D eigenvalue weighted by Gasteiger charge is 2.13. The number of anilines is 1. The number of pyridine rings is 1. The van der Waals surface area contributed by atoms with Crippen LogP contribution in [0.15, 0.2) is 30.5 Å². The van der Waals surface area contributed by atoms with Crippen LogP contribution in [-0.2, 0) is 0 Å². The maximum absolute atomic E-state index is 13.6. The number of hydrogen-bond donors (Lipinski definition) is 1. The summed E-state index contributed by atoms with van der Waals surface area (Å²) in [6, 6.07) is 5.40.